The zero-order valence-corrected chi connectivity index (χ0v) is 12.7. The quantitative estimate of drug-likeness (QED) is 0.450. The minimum absolute atomic E-state index is 0.434. The summed E-state index contributed by atoms with van der Waals surface area (Å²) in [6, 6.07) is 15.2. The van der Waals surface area contributed by atoms with E-state index in [1.54, 1.807) is 6.07 Å². The van der Waals surface area contributed by atoms with Crippen molar-refractivity contribution in [1.82, 2.24) is 4.98 Å². The molecule has 5 nitrogen and oxygen atoms in total. The van der Waals surface area contributed by atoms with E-state index in [1.165, 1.54) is 0 Å². The van der Waals surface area contributed by atoms with Crippen molar-refractivity contribution in [1.29, 1.82) is 0 Å². The molecule has 2 aromatic carbocycles. The van der Waals surface area contributed by atoms with E-state index in [0.717, 1.165) is 27.5 Å². The Kier molecular flexibility index (Phi) is 2.51. The van der Waals surface area contributed by atoms with Gasteiger partial charge in [0.2, 0.25) is 0 Å². The van der Waals surface area contributed by atoms with E-state index in [9.17, 15) is 4.79 Å². The van der Waals surface area contributed by atoms with E-state index in [2.05, 4.69) is 4.98 Å². The van der Waals surface area contributed by atoms with Gasteiger partial charge in [0.1, 0.15) is 16.9 Å². The molecule has 0 aliphatic carbocycles. The van der Waals surface area contributed by atoms with Crippen LogP contribution >= 0.6 is 0 Å². The summed E-state index contributed by atoms with van der Waals surface area (Å²) in [5, 5.41) is 2.72. The van der Waals surface area contributed by atoms with Gasteiger partial charge in [-0.1, -0.05) is 18.2 Å². The predicted molar refractivity (Wildman–Crippen MR) is 90.0 cm³/mol. The van der Waals surface area contributed by atoms with Gasteiger partial charge in [-0.3, -0.25) is 0 Å². The highest BCUT2D eigenvalue weighted by molar-refractivity contribution is 6.01. The summed E-state index contributed by atoms with van der Waals surface area (Å²) in [5.41, 5.74) is 1.76. The summed E-state index contributed by atoms with van der Waals surface area (Å²) in [5.74, 6) is 1.38. The molecule has 0 bridgehead atoms. The maximum atomic E-state index is 11.4. The minimum Gasteiger partial charge on any atom is -0.457 e. The number of fused-ring (bicyclic) bond motifs is 3. The Hall–Kier alpha value is -3.34. The summed E-state index contributed by atoms with van der Waals surface area (Å²) in [7, 11) is 0. The van der Waals surface area contributed by atoms with Gasteiger partial charge in [-0.15, -0.1) is 0 Å². The lowest BCUT2D eigenvalue weighted by atomic mass is 10.1. The predicted octanol–water partition coefficient (Wildman–Crippen LogP) is 4.66. The molecule has 3 aromatic heterocycles. The van der Waals surface area contributed by atoms with Gasteiger partial charge in [0.25, 0.3) is 0 Å². The van der Waals surface area contributed by atoms with Crippen molar-refractivity contribution in [2.24, 2.45) is 0 Å². The van der Waals surface area contributed by atoms with Crippen molar-refractivity contribution in [3.8, 4) is 11.5 Å². The Labute approximate surface area is 135 Å². The van der Waals surface area contributed by atoms with Crippen molar-refractivity contribution < 1.29 is 13.3 Å². The van der Waals surface area contributed by atoms with Crippen LogP contribution in [0.4, 0.5) is 0 Å². The third kappa shape index (κ3) is 1.88. The monoisotopic (exact) mass is 317 g/mol. The molecule has 5 rings (SSSR count). The third-order valence-electron chi connectivity index (χ3n) is 4.06. The number of aromatic nitrogens is 1. The molecule has 116 valence electrons. The lowest BCUT2D eigenvalue weighted by Crippen LogP contribution is -1.92. The number of nitrogens with zero attached hydrogens (tertiary/aromatic N) is 1. The normalized spacial score (nSPS) is 11.7. The second kappa shape index (κ2) is 4.58. The Morgan fingerprint density at radius 3 is 2.62 bits per heavy atom. The van der Waals surface area contributed by atoms with Crippen molar-refractivity contribution in [3.63, 3.8) is 0 Å². The fourth-order valence-corrected chi connectivity index (χ4v) is 3.03. The summed E-state index contributed by atoms with van der Waals surface area (Å²) in [6.45, 7) is 1.87. The molecule has 0 atom stereocenters. The summed E-state index contributed by atoms with van der Waals surface area (Å²) < 4.78 is 17.0. The molecule has 24 heavy (non-hydrogen) atoms. The molecule has 0 unspecified atom stereocenters. The molecule has 0 fully saturated rings. The first-order valence-corrected chi connectivity index (χ1v) is 7.51. The summed E-state index contributed by atoms with van der Waals surface area (Å²) >= 11 is 0. The number of oxazole rings is 1. The molecule has 5 heteroatoms. The molecule has 0 amide bonds. The number of rotatable bonds is 1. The van der Waals surface area contributed by atoms with Crippen LogP contribution in [-0.2, 0) is 0 Å². The van der Waals surface area contributed by atoms with Gasteiger partial charge >= 0.3 is 5.76 Å². The topological polar surface area (TPSA) is 69.4 Å². The van der Waals surface area contributed by atoms with Crippen molar-refractivity contribution in [2.75, 3.05) is 0 Å². The smallest absolute Gasteiger partial charge is 0.439 e. The Morgan fingerprint density at radius 2 is 1.75 bits per heavy atom. The van der Waals surface area contributed by atoms with E-state index < -0.39 is 5.76 Å². The van der Waals surface area contributed by atoms with Gasteiger partial charge in [-0.2, -0.15) is 4.98 Å². The Balaban J connectivity index is 1.88. The molecular formula is C19H11NO4. The highest BCUT2D eigenvalue weighted by atomic mass is 16.4. The van der Waals surface area contributed by atoms with E-state index in [-0.39, 0.29) is 0 Å². The van der Waals surface area contributed by atoms with E-state index in [0.29, 0.717) is 22.6 Å². The summed E-state index contributed by atoms with van der Waals surface area (Å²) in [4.78, 5) is 15.2. The molecular weight excluding hydrogens is 306 g/mol. The van der Waals surface area contributed by atoms with Crippen LogP contribution in [0, 0.1) is 6.92 Å². The lowest BCUT2D eigenvalue weighted by molar-refractivity contribution is 0.511. The molecule has 0 saturated heterocycles. The van der Waals surface area contributed by atoms with Gasteiger partial charge in [-0.05, 0) is 42.6 Å². The number of aryl methyl sites for hydroxylation is 1. The number of furan rings is 1. The van der Waals surface area contributed by atoms with Crippen molar-refractivity contribution >= 4 is 32.8 Å². The van der Waals surface area contributed by atoms with Crippen molar-refractivity contribution in [3.05, 3.63) is 64.8 Å². The zero-order chi connectivity index (χ0) is 16.3. The highest BCUT2D eigenvalue weighted by Gasteiger charge is 2.15. The standard InChI is InChI=1S/C19H11NO4/c1-10-6-12-7-14-16(24-19(21)20-14)9-13(12)18(22-10)17-8-11-4-2-3-5-15(11)23-17/h2-9H,1H3. The molecule has 0 spiro atoms. The number of para-hydroxylation sites is 1. The molecule has 3 heterocycles. The molecule has 0 aliphatic heterocycles. The first kappa shape index (κ1) is 13.1. The van der Waals surface area contributed by atoms with E-state index in [1.807, 2.05) is 49.4 Å². The molecule has 0 radical (unpaired) electrons. The van der Waals surface area contributed by atoms with Crippen LogP contribution < -0.4 is 5.76 Å². The minimum atomic E-state index is -0.598. The fraction of sp³-hybridized carbons (Fsp3) is 0.0526. The average molecular weight is 317 g/mol. The first-order chi connectivity index (χ1) is 11.7. The van der Waals surface area contributed by atoms with Crippen LogP contribution in [0.1, 0.15) is 5.76 Å². The van der Waals surface area contributed by atoms with Crippen LogP contribution in [0.5, 0.6) is 0 Å². The van der Waals surface area contributed by atoms with Gasteiger partial charge in [-0.25, -0.2) is 4.79 Å². The number of benzene rings is 2. The summed E-state index contributed by atoms with van der Waals surface area (Å²) in [6.07, 6.45) is 0. The average Bonchev–Trinajstić information content (AvgIpc) is 3.13. The fourth-order valence-electron chi connectivity index (χ4n) is 3.03. The second-order valence-electron chi connectivity index (χ2n) is 5.72. The number of hydrogen-bond acceptors (Lipinski definition) is 5. The van der Waals surface area contributed by atoms with Crippen LogP contribution in [0.25, 0.3) is 44.4 Å². The zero-order valence-electron chi connectivity index (χ0n) is 12.7. The second-order valence-corrected chi connectivity index (χ2v) is 5.72. The van der Waals surface area contributed by atoms with Gasteiger partial charge < -0.3 is 13.3 Å². The van der Waals surface area contributed by atoms with Crippen LogP contribution in [0.2, 0.25) is 0 Å². The molecule has 0 aliphatic rings. The van der Waals surface area contributed by atoms with Gasteiger partial charge in [0, 0.05) is 10.8 Å². The van der Waals surface area contributed by atoms with Gasteiger partial charge in [0.05, 0.1) is 0 Å². The molecule has 0 saturated carbocycles. The maximum Gasteiger partial charge on any atom is 0.439 e. The van der Waals surface area contributed by atoms with E-state index in [4.69, 9.17) is 13.3 Å². The molecule has 5 aromatic rings. The lowest BCUT2D eigenvalue weighted by Gasteiger charge is -2.05. The third-order valence-corrected chi connectivity index (χ3v) is 4.06. The van der Waals surface area contributed by atoms with E-state index >= 15 is 0 Å². The first-order valence-electron chi connectivity index (χ1n) is 7.51. The van der Waals surface area contributed by atoms with Crippen LogP contribution in [-0.4, -0.2) is 4.98 Å². The van der Waals surface area contributed by atoms with Gasteiger partial charge in [0.15, 0.2) is 17.1 Å². The Morgan fingerprint density at radius 1 is 0.875 bits per heavy atom. The maximum absolute atomic E-state index is 11.4. The Bertz CT molecular complexity index is 1260. The highest BCUT2D eigenvalue weighted by Crippen LogP contribution is 2.35. The number of hydrogen-bond donors (Lipinski definition) is 0. The largest absolute Gasteiger partial charge is 0.457 e. The molecule has 0 N–H and O–H groups in total. The van der Waals surface area contributed by atoms with Crippen molar-refractivity contribution in [2.45, 2.75) is 6.92 Å². The van der Waals surface area contributed by atoms with Crippen LogP contribution in [0.15, 0.2) is 66.6 Å². The van der Waals surface area contributed by atoms with Crippen LogP contribution in [0.3, 0.4) is 0 Å². The SMILES string of the molecule is Cc1cc2cc3nc(=O)oc3cc2c(-c2cc3ccccc3o2)o1.